The van der Waals surface area contributed by atoms with Gasteiger partial charge >= 0.3 is 6.09 Å². The Kier molecular flexibility index (Phi) is 12.2. The van der Waals surface area contributed by atoms with Gasteiger partial charge in [-0.25, -0.2) is 9.79 Å². The zero-order chi connectivity index (χ0) is 20.3. The molecule has 9 heteroatoms. The van der Waals surface area contributed by atoms with Gasteiger partial charge in [0.2, 0.25) is 5.91 Å². The molecular weight excluding hydrogens is 473 g/mol. The van der Waals surface area contributed by atoms with Crippen molar-refractivity contribution in [1.29, 1.82) is 0 Å². The van der Waals surface area contributed by atoms with E-state index in [0.29, 0.717) is 31.2 Å². The molecule has 0 aliphatic heterocycles. The highest BCUT2D eigenvalue weighted by Crippen LogP contribution is 2.07. The van der Waals surface area contributed by atoms with Crippen LogP contribution in [0.4, 0.5) is 4.79 Å². The van der Waals surface area contributed by atoms with Crippen LogP contribution >= 0.6 is 24.0 Å². The maximum atomic E-state index is 11.6. The summed E-state index contributed by atoms with van der Waals surface area (Å²) in [6, 6.07) is 7.09. The molecule has 0 atom stereocenters. The average Bonchev–Trinajstić information content (AvgIpc) is 2.58. The van der Waals surface area contributed by atoms with Crippen LogP contribution in [0, 0.1) is 0 Å². The van der Waals surface area contributed by atoms with Gasteiger partial charge < -0.3 is 26.4 Å². The minimum atomic E-state index is -0.501. The lowest BCUT2D eigenvalue weighted by atomic mass is 10.1. The van der Waals surface area contributed by atoms with Crippen molar-refractivity contribution in [3.63, 3.8) is 0 Å². The van der Waals surface area contributed by atoms with Crippen molar-refractivity contribution >= 4 is 41.9 Å². The first-order valence-corrected chi connectivity index (χ1v) is 9.09. The smallest absolute Gasteiger partial charge is 0.407 e. The molecule has 158 valence electrons. The van der Waals surface area contributed by atoms with Gasteiger partial charge in [-0.3, -0.25) is 4.79 Å². The largest absolute Gasteiger partial charge is 0.444 e. The standard InChI is InChI=1S/C19H31N5O3.HI/c1-5-21-17(22-10-7-11-23-18(26)27-19(2,3)4)24-13-14-8-6-9-15(12-14)16(20)25;/h6,8-9,12H,5,7,10-11,13H2,1-4H3,(H2,20,25)(H,23,26)(H2,21,22,24);1H. The van der Waals surface area contributed by atoms with Crippen molar-refractivity contribution in [1.82, 2.24) is 16.0 Å². The van der Waals surface area contributed by atoms with Crippen LogP contribution in [0.15, 0.2) is 29.3 Å². The number of nitrogens with zero attached hydrogens (tertiary/aromatic N) is 1. The molecule has 1 rings (SSSR count). The van der Waals surface area contributed by atoms with E-state index in [2.05, 4.69) is 20.9 Å². The van der Waals surface area contributed by atoms with E-state index in [1.807, 2.05) is 33.8 Å². The summed E-state index contributed by atoms with van der Waals surface area (Å²) >= 11 is 0. The fourth-order valence-electron chi connectivity index (χ4n) is 2.13. The van der Waals surface area contributed by atoms with Crippen LogP contribution in [0.2, 0.25) is 0 Å². The molecule has 28 heavy (non-hydrogen) atoms. The van der Waals surface area contributed by atoms with Crippen LogP contribution in [-0.4, -0.2) is 43.2 Å². The van der Waals surface area contributed by atoms with Crippen LogP contribution in [0.1, 0.15) is 50.0 Å². The second kappa shape index (κ2) is 13.2. The third-order valence-corrected chi connectivity index (χ3v) is 3.29. The molecule has 0 spiro atoms. The summed E-state index contributed by atoms with van der Waals surface area (Å²) < 4.78 is 5.18. The summed E-state index contributed by atoms with van der Waals surface area (Å²) in [6.07, 6.45) is 0.304. The summed E-state index contributed by atoms with van der Waals surface area (Å²) in [5.74, 6) is 0.211. The molecular formula is C19H32IN5O3. The SMILES string of the molecule is CCNC(=NCc1cccc(C(N)=O)c1)NCCCNC(=O)OC(C)(C)C.I. The molecule has 1 aromatic rings. The Bertz CT molecular complexity index is 659. The number of ether oxygens (including phenoxy) is 1. The number of aliphatic imine (C=N–C) groups is 1. The number of alkyl carbamates (subject to hydrolysis) is 1. The molecule has 0 saturated carbocycles. The minimum Gasteiger partial charge on any atom is -0.444 e. The van der Waals surface area contributed by atoms with E-state index in [1.165, 1.54) is 0 Å². The number of rotatable bonds is 8. The highest BCUT2D eigenvalue weighted by Gasteiger charge is 2.15. The van der Waals surface area contributed by atoms with Crippen LogP contribution in [-0.2, 0) is 11.3 Å². The maximum absolute atomic E-state index is 11.6. The molecule has 0 aliphatic rings. The quantitative estimate of drug-likeness (QED) is 0.187. The van der Waals surface area contributed by atoms with Gasteiger partial charge in [0.25, 0.3) is 0 Å². The zero-order valence-electron chi connectivity index (χ0n) is 17.0. The molecule has 2 amide bonds. The summed E-state index contributed by atoms with van der Waals surface area (Å²) in [6.45, 7) is 9.75. The first-order chi connectivity index (χ1) is 12.7. The van der Waals surface area contributed by atoms with Crippen molar-refractivity contribution in [2.45, 2.75) is 46.3 Å². The van der Waals surface area contributed by atoms with Crippen molar-refractivity contribution in [2.75, 3.05) is 19.6 Å². The molecule has 0 fully saturated rings. The fourth-order valence-corrected chi connectivity index (χ4v) is 2.13. The number of halogens is 1. The van der Waals surface area contributed by atoms with Gasteiger partial charge in [0.15, 0.2) is 5.96 Å². The highest BCUT2D eigenvalue weighted by molar-refractivity contribution is 14.0. The van der Waals surface area contributed by atoms with Crippen molar-refractivity contribution in [3.8, 4) is 0 Å². The van der Waals surface area contributed by atoms with Crippen LogP contribution in [0.3, 0.4) is 0 Å². The molecule has 1 aromatic carbocycles. The highest BCUT2D eigenvalue weighted by atomic mass is 127. The molecule has 8 nitrogen and oxygen atoms in total. The Morgan fingerprint density at radius 1 is 1.14 bits per heavy atom. The molecule has 0 radical (unpaired) electrons. The first kappa shape index (κ1) is 26.0. The fraction of sp³-hybridized carbons (Fsp3) is 0.526. The third kappa shape index (κ3) is 11.6. The van der Waals surface area contributed by atoms with E-state index in [1.54, 1.807) is 18.2 Å². The minimum absolute atomic E-state index is 0. The van der Waals surface area contributed by atoms with Crippen molar-refractivity contribution in [3.05, 3.63) is 35.4 Å². The lowest BCUT2D eigenvalue weighted by Gasteiger charge is -2.19. The van der Waals surface area contributed by atoms with E-state index in [9.17, 15) is 9.59 Å². The molecule has 0 heterocycles. The number of carbonyl (C=O) groups excluding carboxylic acids is 2. The number of nitrogens with one attached hydrogen (secondary N) is 3. The summed E-state index contributed by atoms with van der Waals surface area (Å²) in [5.41, 5.74) is 6.16. The number of benzene rings is 1. The number of hydrogen-bond acceptors (Lipinski definition) is 4. The predicted octanol–water partition coefficient (Wildman–Crippen LogP) is 2.37. The average molecular weight is 505 g/mol. The van der Waals surface area contributed by atoms with E-state index in [4.69, 9.17) is 10.5 Å². The Labute approximate surface area is 184 Å². The Hall–Kier alpha value is -2.04. The first-order valence-electron chi connectivity index (χ1n) is 9.09. The molecule has 0 unspecified atom stereocenters. The van der Waals surface area contributed by atoms with E-state index >= 15 is 0 Å². The lowest BCUT2D eigenvalue weighted by Crippen LogP contribution is -2.39. The number of hydrogen-bond donors (Lipinski definition) is 4. The Balaban J connectivity index is 0.00000729. The van der Waals surface area contributed by atoms with Gasteiger partial charge in [0.05, 0.1) is 6.54 Å². The summed E-state index contributed by atoms with van der Waals surface area (Å²) in [5, 5.41) is 9.08. The summed E-state index contributed by atoms with van der Waals surface area (Å²) in [4.78, 5) is 27.3. The maximum Gasteiger partial charge on any atom is 0.407 e. The zero-order valence-corrected chi connectivity index (χ0v) is 19.3. The van der Waals surface area contributed by atoms with Crippen molar-refractivity contribution < 1.29 is 14.3 Å². The van der Waals surface area contributed by atoms with E-state index < -0.39 is 17.6 Å². The number of guanidine groups is 1. The van der Waals surface area contributed by atoms with E-state index in [0.717, 1.165) is 18.5 Å². The van der Waals surface area contributed by atoms with Gasteiger partial charge in [-0.05, 0) is 51.8 Å². The third-order valence-electron chi connectivity index (χ3n) is 3.29. The van der Waals surface area contributed by atoms with Crippen LogP contribution in [0.5, 0.6) is 0 Å². The molecule has 0 bridgehead atoms. The monoisotopic (exact) mass is 505 g/mol. The Morgan fingerprint density at radius 3 is 2.43 bits per heavy atom. The molecule has 5 N–H and O–H groups in total. The van der Waals surface area contributed by atoms with E-state index in [-0.39, 0.29) is 24.0 Å². The van der Waals surface area contributed by atoms with Crippen LogP contribution in [0.25, 0.3) is 0 Å². The summed E-state index contributed by atoms with van der Waals surface area (Å²) in [7, 11) is 0. The van der Waals surface area contributed by atoms with Gasteiger partial charge in [-0.15, -0.1) is 24.0 Å². The number of nitrogens with two attached hydrogens (primary N) is 1. The van der Waals surface area contributed by atoms with Gasteiger partial charge in [0.1, 0.15) is 5.60 Å². The van der Waals surface area contributed by atoms with Crippen molar-refractivity contribution in [2.24, 2.45) is 10.7 Å². The second-order valence-electron chi connectivity index (χ2n) is 6.97. The number of primary amides is 1. The predicted molar refractivity (Wildman–Crippen MR) is 122 cm³/mol. The van der Waals surface area contributed by atoms with Crippen LogP contribution < -0.4 is 21.7 Å². The normalized spacial score (nSPS) is 11.2. The Morgan fingerprint density at radius 2 is 1.82 bits per heavy atom. The number of amides is 2. The second-order valence-corrected chi connectivity index (χ2v) is 6.97. The molecule has 0 aromatic heterocycles. The lowest BCUT2D eigenvalue weighted by molar-refractivity contribution is 0.0527. The van der Waals surface area contributed by atoms with Gasteiger partial charge in [0, 0.05) is 25.2 Å². The molecule has 0 saturated heterocycles. The molecule has 0 aliphatic carbocycles. The van der Waals surface area contributed by atoms with Gasteiger partial charge in [-0.1, -0.05) is 12.1 Å². The number of carbonyl (C=O) groups is 2. The topological polar surface area (TPSA) is 118 Å². The van der Waals surface area contributed by atoms with Gasteiger partial charge in [-0.2, -0.15) is 0 Å².